The van der Waals surface area contributed by atoms with Crippen LogP contribution in [0.5, 0.6) is 0 Å². The Morgan fingerprint density at radius 2 is 1.94 bits per heavy atom. The summed E-state index contributed by atoms with van der Waals surface area (Å²) in [5, 5.41) is 0. The van der Waals surface area contributed by atoms with E-state index in [2.05, 4.69) is 39.6 Å². The molecule has 1 rings (SSSR count). The van der Waals surface area contributed by atoms with Crippen LogP contribution in [0.3, 0.4) is 0 Å². The van der Waals surface area contributed by atoms with Gasteiger partial charge in [-0.05, 0) is 50.6 Å². The first-order valence-corrected chi connectivity index (χ1v) is 6.76. The van der Waals surface area contributed by atoms with E-state index in [4.69, 9.17) is 5.73 Å². The first kappa shape index (κ1) is 14.0. The van der Waals surface area contributed by atoms with Gasteiger partial charge in [0, 0.05) is 12.1 Å². The number of rotatable bonds is 4. The maximum absolute atomic E-state index is 6.11. The summed E-state index contributed by atoms with van der Waals surface area (Å²) in [6, 6.07) is 0. The van der Waals surface area contributed by atoms with Gasteiger partial charge in [0.15, 0.2) is 0 Å². The minimum absolute atomic E-state index is 0.247. The summed E-state index contributed by atoms with van der Waals surface area (Å²) in [5.41, 5.74) is 6.80. The molecule has 2 heteroatoms. The Morgan fingerprint density at radius 3 is 2.38 bits per heavy atom. The van der Waals surface area contributed by atoms with E-state index in [1.54, 1.807) is 0 Å². The third kappa shape index (κ3) is 2.98. The van der Waals surface area contributed by atoms with E-state index in [1.165, 1.54) is 32.2 Å². The highest BCUT2D eigenvalue weighted by molar-refractivity contribution is 5.00. The second-order valence-electron chi connectivity index (χ2n) is 6.70. The van der Waals surface area contributed by atoms with Crippen molar-refractivity contribution in [2.45, 2.75) is 58.9 Å². The lowest BCUT2D eigenvalue weighted by atomic mass is 9.63. The topological polar surface area (TPSA) is 29.3 Å². The Labute approximate surface area is 102 Å². The monoisotopic (exact) mass is 226 g/mol. The average Bonchev–Trinajstić information content (AvgIpc) is 2.14. The van der Waals surface area contributed by atoms with Crippen LogP contribution in [0, 0.1) is 11.3 Å². The molecule has 0 spiro atoms. The van der Waals surface area contributed by atoms with Crippen molar-refractivity contribution in [3.63, 3.8) is 0 Å². The van der Waals surface area contributed by atoms with Gasteiger partial charge in [-0.2, -0.15) is 0 Å². The van der Waals surface area contributed by atoms with Crippen LogP contribution in [0.4, 0.5) is 0 Å². The first-order chi connectivity index (χ1) is 7.35. The molecule has 0 saturated heterocycles. The van der Waals surface area contributed by atoms with E-state index in [9.17, 15) is 0 Å². The smallest absolute Gasteiger partial charge is 0.0336 e. The molecule has 0 radical (unpaired) electrons. The highest BCUT2D eigenvalue weighted by Gasteiger charge is 2.44. The quantitative estimate of drug-likeness (QED) is 0.798. The number of nitrogens with zero attached hydrogens (tertiary/aromatic N) is 1. The van der Waals surface area contributed by atoms with Crippen LogP contribution >= 0.6 is 0 Å². The number of likely N-dealkylation sites (N-methyl/N-ethyl adjacent to an activating group) is 1. The predicted molar refractivity (Wildman–Crippen MR) is 71.5 cm³/mol. The van der Waals surface area contributed by atoms with Crippen molar-refractivity contribution in [3.05, 3.63) is 0 Å². The zero-order valence-electron chi connectivity index (χ0n) is 11.8. The molecule has 1 aliphatic rings. The van der Waals surface area contributed by atoms with Gasteiger partial charge in [-0.3, -0.25) is 4.90 Å². The Hall–Kier alpha value is -0.0800. The van der Waals surface area contributed by atoms with Crippen LogP contribution in [0.25, 0.3) is 0 Å². The van der Waals surface area contributed by atoms with E-state index in [0.29, 0.717) is 5.41 Å². The molecule has 0 aromatic rings. The summed E-state index contributed by atoms with van der Waals surface area (Å²) >= 11 is 0. The van der Waals surface area contributed by atoms with Crippen molar-refractivity contribution in [1.82, 2.24) is 4.90 Å². The molecule has 1 fully saturated rings. The van der Waals surface area contributed by atoms with E-state index in [0.717, 1.165) is 12.5 Å². The molecule has 1 saturated carbocycles. The molecule has 2 unspecified atom stereocenters. The van der Waals surface area contributed by atoms with Crippen LogP contribution in [0.2, 0.25) is 0 Å². The van der Waals surface area contributed by atoms with Gasteiger partial charge in [-0.1, -0.05) is 27.7 Å². The maximum atomic E-state index is 6.11. The van der Waals surface area contributed by atoms with Gasteiger partial charge in [-0.25, -0.2) is 0 Å². The fourth-order valence-corrected chi connectivity index (χ4v) is 3.87. The van der Waals surface area contributed by atoms with Gasteiger partial charge in [-0.15, -0.1) is 0 Å². The van der Waals surface area contributed by atoms with Crippen molar-refractivity contribution >= 4 is 0 Å². The maximum Gasteiger partial charge on any atom is 0.0336 e. The van der Waals surface area contributed by atoms with E-state index < -0.39 is 0 Å². The molecule has 2 N–H and O–H groups in total. The van der Waals surface area contributed by atoms with Crippen molar-refractivity contribution in [2.24, 2.45) is 17.1 Å². The fourth-order valence-electron chi connectivity index (χ4n) is 3.87. The summed E-state index contributed by atoms with van der Waals surface area (Å²) in [6.45, 7) is 11.4. The van der Waals surface area contributed by atoms with Crippen LogP contribution in [0.15, 0.2) is 0 Å². The minimum Gasteiger partial charge on any atom is -0.329 e. The molecule has 0 amide bonds. The molecule has 2 nitrogen and oxygen atoms in total. The van der Waals surface area contributed by atoms with E-state index >= 15 is 0 Å². The van der Waals surface area contributed by atoms with Crippen LogP contribution < -0.4 is 5.73 Å². The molecular weight excluding hydrogens is 196 g/mol. The number of hydrogen-bond donors (Lipinski definition) is 1. The van der Waals surface area contributed by atoms with Crippen molar-refractivity contribution in [2.75, 3.05) is 20.1 Å². The van der Waals surface area contributed by atoms with Crippen LogP contribution in [-0.4, -0.2) is 30.6 Å². The SMILES string of the molecule is CCCN(C)C1(CN)CC(C)CC(C)(C)C1. The van der Waals surface area contributed by atoms with Crippen molar-refractivity contribution in [1.29, 1.82) is 0 Å². The Balaban J connectivity index is 2.85. The lowest BCUT2D eigenvalue weighted by molar-refractivity contribution is 0.00348. The molecule has 0 bridgehead atoms. The third-order valence-electron chi connectivity index (χ3n) is 4.19. The molecule has 1 aliphatic carbocycles. The zero-order valence-corrected chi connectivity index (χ0v) is 11.8. The summed E-state index contributed by atoms with van der Waals surface area (Å²) in [7, 11) is 2.25. The van der Waals surface area contributed by atoms with Crippen LogP contribution in [-0.2, 0) is 0 Å². The van der Waals surface area contributed by atoms with Crippen molar-refractivity contribution in [3.8, 4) is 0 Å². The van der Waals surface area contributed by atoms with Crippen molar-refractivity contribution < 1.29 is 0 Å². The van der Waals surface area contributed by atoms with E-state index in [-0.39, 0.29) is 5.54 Å². The molecule has 2 atom stereocenters. The molecule has 0 heterocycles. The zero-order chi connectivity index (χ0) is 12.4. The molecule has 0 aliphatic heterocycles. The number of hydrogen-bond acceptors (Lipinski definition) is 2. The summed E-state index contributed by atoms with van der Waals surface area (Å²) in [5.74, 6) is 0.798. The normalized spacial score (nSPS) is 34.3. The Bertz CT molecular complexity index is 225. The standard InChI is InChI=1S/C14H30N2/c1-6-7-16(5)14(11-15)9-12(2)8-13(3,4)10-14/h12H,6-11,15H2,1-5H3. The molecular formula is C14H30N2. The minimum atomic E-state index is 0.247. The lowest BCUT2D eigenvalue weighted by Crippen LogP contribution is -2.57. The second-order valence-corrected chi connectivity index (χ2v) is 6.70. The second kappa shape index (κ2) is 5.05. The van der Waals surface area contributed by atoms with Gasteiger partial charge < -0.3 is 5.73 Å². The van der Waals surface area contributed by atoms with Gasteiger partial charge in [0.1, 0.15) is 0 Å². The molecule has 96 valence electrons. The Kier molecular flexibility index (Phi) is 4.42. The highest BCUT2D eigenvalue weighted by Crippen LogP contribution is 2.45. The summed E-state index contributed by atoms with van der Waals surface area (Å²) < 4.78 is 0. The van der Waals surface area contributed by atoms with E-state index in [1.807, 2.05) is 0 Å². The van der Waals surface area contributed by atoms with Gasteiger partial charge in [0.25, 0.3) is 0 Å². The Morgan fingerprint density at radius 1 is 1.31 bits per heavy atom. The first-order valence-electron chi connectivity index (χ1n) is 6.76. The van der Waals surface area contributed by atoms with Gasteiger partial charge in [0.2, 0.25) is 0 Å². The number of nitrogens with two attached hydrogens (primary N) is 1. The van der Waals surface area contributed by atoms with Gasteiger partial charge in [0.05, 0.1) is 0 Å². The third-order valence-corrected chi connectivity index (χ3v) is 4.19. The van der Waals surface area contributed by atoms with Gasteiger partial charge >= 0.3 is 0 Å². The lowest BCUT2D eigenvalue weighted by Gasteiger charge is -2.52. The summed E-state index contributed by atoms with van der Waals surface area (Å²) in [4.78, 5) is 2.52. The molecule has 0 aromatic carbocycles. The molecule has 16 heavy (non-hydrogen) atoms. The predicted octanol–water partition coefficient (Wildman–Crippen LogP) is 2.87. The highest BCUT2D eigenvalue weighted by atomic mass is 15.2. The average molecular weight is 226 g/mol. The van der Waals surface area contributed by atoms with Crippen LogP contribution in [0.1, 0.15) is 53.4 Å². The fraction of sp³-hybridized carbons (Fsp3) is 1.00. The summed E-state index contributed by atoms with van der Waals surface area (Å²) in [6.07, 6.45) is 5.07. The largest absolute Gasteiger partial charge is 0.329 e. The molecule has 0 aromatic heterocycles.